The number of para-hydroxylation sites is 4. The Labute approximate surface area is 347 Å². The SMILES string of the molecule is CC1(C)c2cccc3ccc4cc(N(c5ccc6ccc7c(N(c8ccccc8)c8ccccc8)ccc8ccc5c6c87)c5cccc6c5oc5ccccc56)cc1c4c23. The fraction of sp³-hybridized carbons (Fsp3) is 0.0526. The van der Waals surface area contributed by atoms with E-state index < -0.39 is 0 Å². The summed E-state index contributed by atoms with van der Waals surface area (Å²) in [5, 5.41) is 14.9. The first-order chi connectivity index (χ1) is 29.5. The van der Waals surface area contributed by atoms with E-state index in [0.29, 0.717) is 0 Å². The van der Waals surface area contributed by atoms with E-state index in [4.69, 9.17) is 4.42 Å². The summed E-state index contributed by atoms with van der Waals surface area (Å²) in [4.78, 5) is 4.85. The molecule has 282 valence electrons. The molecule has 0 saturated carbocycles. The summed E-state index contributed by atoms with van der Waals surface area (Å²) in [6.45, 7) is 4.76. The molecule has 1 aliphatic rings. The van der Waals surface area contributed by atoms with Crippen molar-refractivity contribution in [1.82, 2.24) is 0 Å². The average Bonchev–Trinajstić information content (AvgIpc) is 3.79. The number of anilines is 6. The van der Waals surface area contributed by atoms with Crippen LogP contribution >= 0.6 is 0 Å². The Bertz CT molecular complexity index is 3660. The lowest BCUT2D eigenvalue weighted by molar-refractivity contribution is 0.662. The second-order valence-electron chi connectivity index (χ2n) is 16.9. The van der Waals surface area contributed by atoms with Crippen molar-refractivity contribution in [3.63, 3.8) is 0 Å². The molecule has 3 heteroatoms. The third-order valence-electron chi connectivity index (χ3n) is 13.3. The molecule has 1 aromatic heterocycles. The van der Waals surface area contributed by atoms with Crippen molar-refractivity contribution in [2.45, 2.75) is 19.3 Å². The smallest absolute Gasteiger partial charge is 0.159 e. The summed E-state index contributed by atoms with van der Waals surface area (Å²) in [5.74, 6) is 0. The van der Waals surface area contributed by atoms with Gasteiger partial charge in [-0.15, -0.1) is 0 Å². The van der Waals surface area contributed by atoms with Crippen LogP contribution in [0.2, 0.25) is 0 Å². The molecule has 1 aliphatic carbocycles. The molecule has 0 N–H and O–H groups in total. The highest BCUT2D eigenvalue weighted by molar-refractivity contribution is 6.28. The Morgan fingerprint density at radius 1 is 0.350 bits per heavy atom. The van der Waals surface area contributed by atoms with Crippen LogP contribution in [0, 0.1) is 0 Å². The zero-order chi connectivity index (χ0) is 39.7. The van der Waals surface area contributed by atoms with Crippen LogP contribution in [0.4, 0.5) is 34.1 Å². The average molecular weight is 767 g/mol. The van der Waals surface area contributed by atoms with Gasteiger partial charge in [-0.3, -0.25) is 0 Å². The highest BCUT2D eigenvalue weighted by Gasteiger charge is 2.35. The van der Waals surface area contributed by atoms with Gasteiger partial charge in [0.2, 0.25) is 0 Å². The van der Waals surface area contributed by atoms with Gasteiger partial charge < -0.3 is 14.2 Å². The third kappa shape index (κ3) is 4.55. The minimum atomic E-state index is -0.170. The topological polar surface area (TPSA) is 19.6 Å². The molecular formula is C57H38N2O. The van der Waals surface area contributed by atoms with Crippen LogP contribution in [0.1, 0.15) is 25.0 Å². The minimum absolute atomic E-state index is 0.170. The van der Waals surface area contributed by atoms with E-state index in [1.807, 2.05) is 0 Å². The van der Waals surface area contributed by atoms with Crippen LogP contribution in [0.15, 0.2) is 199 Å². The molecule has 0 aliphatic heterocycles. The van der Waals surface area contributed by atoms with Crippen LogP contribution < -0.4 is 9.80 Å². The maximum absolute atomic E-state index is 6.85. The number of hydrogen-bond donors (Lipinski definition) is 0. The molecular weight excluding hydrogens is 729 g/mol. The lowest BCUT2D eigenvalue weighted by atomic mass is 9.81. The molecule has 0 amide bonds. The number of benzene rings is 11. The van der Waals surface area contributed by atoms with Gasteiger partial charge in [0.15, 0.2) is 5.58 Å². The molecule has 0 fully saturated rings. The normalized spacial score (nSPS) is 13.3. The van der Waals surface area contributed by atoms with Crippen molar-refractivity contribution in [3.8, 4) is 0 Å². The highest BCUT2D eigenvalue weighted by Crippen LogP contribution is 2.53. The predicted molar refractivity (Wildman–Crippen MR) is 254 cm³/mol. The molecule has 13 rings (SSSR count). The fourth-order valence-corrected chi connectivity index (χ4v) is 10.6. The van der Waals surface area contributed by atoms with Crippen LogP contribution in [0.3, 0.4) is 0 Å². The maximum Gasteiger partial charge on any atom is 0.159 e. The van der Waals surface area contributed by atoms with E-state index in [2.05, 4.69) is 218 Å². The van der Waals surface area contributed by atoms with Crippen molar-refractivity contribution in [2.24, 2.45) is 0 Å². The first-order valence-electron chi connectivity index (χ1n) is 20.8. The molecule has 60 heavy (non-hydrogen) atoms. The van der Waals surface area contributed by atoms with E-state index in [-0.39, 0.29) is 5.41 Å². The van der Waals surface area contributed by atoms with Gasteiger partial charge >= 0.3 is 0 Å². The number of nitrogens with zero attached hydrogens (tertiary/aromatic N) is 2. The van der Waals surface area contributed by atoms with Gasteiger partial charge in [-0.05, 0) is 115 Å². The van der Waals surface area contributed by atoms with E-state index in [1.165, 1.54) is 65.0 Å². The summed E-state index contributed by atoms with van der Waals surface area (Å²) < 4.78 is 6.85. The van der Waals surface area contributed by atoms with Gasteiger partial charge in [0.05, 0.1) is 17.1 Å². The van der Waals surface area contributed by atoms with Gasteiger partial charge in [0.1, 0.15) is 5.58 Å². The molecule has 0 radical (unpaired) electrons. The van der Waals surface area contributed by atoms with Crippen LogP contribution in [-0.4, -0.2) is 0 Å². The van der Waals surface area contributed by atoms with E-state index in [1.54, 1.807) is 0 Å². The molecule has 0 atom stereocenters. The van der Waals surface area contributed by atoms with Crippen LogP contribution in [0.5, 0.6) is 0 Å². The summed E-state index contributed by atoms with van der Waals surface area (Å²) in [6, 6.07) is 71.1. The van der Waals surface area contributed by atoms with Crippen LogP contribution in [0.25, 0.3) is 75.8 Å². The van der Waals surface area contributed by atoms with Crippen molar-refractivity contribution < 1.29 is 4.42 Å². The van der Waals surface area contributed by atoms with Gasteiger partial charge in [0.25, 0.3) is 0 Å². The van der Waals surface area contributed by atoms with E-state index in [9.17, 15) is 0 Å². The second-order valence-corrected chi connectivity index (χ2v) is 16.9. The van der Waals surface area contributed by atoms with Gasteiger partial charge in [0, 0.05) is 44.0 Å². The van der Waals surface area contributed by atoms with Crippen LogP contribution in [-0.2, 0) is 5.41 Å². The van der Waals surface area contributed by atoms with Gasteiger partial charge in [-0.1, -0.05) is 147 Å². The predicted octanol–water partition coefficient (Wildman–Crippen LogP) is 16.4. The quantitative estimate of drug-likeness (QED) is 0.157. The van der Waals surface area contributed by atoms with Crippen molar-refractivity contribution >= 4 is 110 Å². The van der Waals surface area contributed by atoms with Gasteiger partial charge in [-0.2, -0.15) is 0 Å². The summed E-state index contributed by atoms with van der Waals surface area (Å²) in [7, 11) is 0. The first kappa shape index (κ1) is 33.4. The monoisotopic (exact) mass is 766 g/mol. The fourth-order valence-electron chi connectivity index (χ4n) is 10.6. The van der Waals surface area contributed by atoms with Gasteiger partial charge in [-0.25, -0.2) is 0 Å². The van der Waals surface area contributed by atoms with Crippen molar-refractivity contribution in [1.29, 1.82) is 0 Å². The lowest BCUT2D eigenvalue weighted by Crippen LogP contribution is -2.17. The van der Waals surface area contributed by atoms with E-state index >= 15 is 0 Å². The number of rotatable bonds is 6. The third-order valence-corrected chi connectivity index (χ3v) is 13.3. The molecule has 3 nitrogen and oxygen atoms in total. The number of furan rings is 1. The largest absolute Gasteiger partial charge is 0.454 e. The lowest BCUT2D eigenvalue weighted by Gasteiger charge is -2.30. The Balaban J connectivity index is 1.11. The Morgan fingerprint density at radius 2 is 0.900 bits per heavy atom. The molecule has 12 aromatic rings. The Hall–Kier alpha value is -7.62. The molecule has 0 unspecified atom stereocenters. The molecule has 0 bridgehead atoms. The molecule has 11 aromatic carbocycles. The number of hydrogen-bond acceptors (Lipinski definition) is 3. The Kier molecular flexibility index (Phi) is 6.78. The minimum Gasteiger partial charge on any atom is -0.454 e. The zero-order valence-electron chi connectivity index (χ0n) is 33.3. The van der Waals surface area contributed by atoms with Crippen molar-refractivity contribution in [2.75, 3.05) is 9.80 Å². The summed E-state index contributed by atoms with van der Waals surface area (Å²) in [6.07, 6.45) is 0. The second kappa shape index (κ2) is 12.2. The molecule has 0 saturated heterocycles. The summed E-state index contributed by atoms with van der Waals surface area (Å²) >= 11 is 0. The first-order valence-corrected chi connectivity index (χ1v) is 20.8. The van der Waals surface area contributed by atoms with E-state index in [0.717, 1.165) is 56.1 Å². The zero-order valence-corrected chi connectivity index (χ0v) is 33.3. The number of fused-ring (bicyclic) bond motifs is 3. The Morgan fingerprint density at radius 3 is 1.62 bits per heavy atom. The molecule has 1 heterocycles. The standard InChI is InChI=1S/C57H38N2O/c1-57(2)46-20-11-13-35-23-24-38-33-41(34-47(57)55(38)54(35)46)59(50-21-12-19-43-42-18-9-10-22-51(42)60-56(43)50)49-32-28-37-25-29-44-48(31-27-36-26-30-45(49)53(37)52(36)44)58(39-14-5-3-6-15-39)40-16-7-4-8-17-40/h3-34H,1-2H3. The highest BCUT2D eigenvalue weighted by atomic mass is 16.3. The van der Waals surface area contributed by atoms with Crippen molar-refractivity contribution in [3.05, 3.63) is 205 Å². The maximum atomic E-state index is 6.85. The molecule has 0 spiro atoms. The summed E-state index contributed by atoms with van der Waals surface area (Å²) in [5.41, 5.74) is 11.0.